The number of hydrogen-bond acceptors (Lipinski definition) is 2. The molecule has 2 aliphatic rings. The third kappa shape index (κ3) is 10.2. The molecule has 0 bridgehead atoms. The Bertz CT molecular complexity index is 5440. The van der Waals surface area contributed by atoms with Crippen molar-refractivity contribution in [2.24, 2.45) is 0 Å². The van der Waals surface area contributed by atoms with Gasteiger partial charge in [0.05, 0.1) is 33.4 Å². The first-order chi connectivity index (χ1) is 46.3. The molecule has 0 unspecified atom stereocenters. The number of para-hydroxylation sites is 3. The zero-order valence-corrected chi connectivity index (χ0v) is 59.1. The molecule has 0 fully saturated rings. The van der Waals surface area contributed by atoms with Gasteiger partial charge in [-0.05, 0) is 178 Å². The first-order valence-corrected chi connectivity index (χ1v) is 34.9. The van der Waals surface area contributed by atoms with Gasteiger partial charge in [-0.3, -0.25) is 0 Å². The molecule has 97 heavy (non-hydrogen) atoms. The molecule has 0 saturated heterocycles. The van der Waals surface area contributed by atoms with Crippen LogP contribution in [-0.2, 0) is 27.1 Å². The largest absolute Gasteiger partial charge is 0.311 e. The minimum atomic E-state index is -0.253. The summed E-state index contributed by atoms with van der Waals surface area (Å²) in [7, 11) is 0. The zero-order chi connectivity index (χ0) is 67.4. The van der Waals surface area contributed by atoms with Crippen LogP contribution >= 0.6 is 0 Å². The Hall–Kier alpha value is -10.1. The Labute approximate surface area is 574 Å². The third-order valence-corrected chi connectivity index (χ3v) is 21.0. The summed E-state index contributed by atoms with van der Waals surface area (Å²) in [6.45, 7) is 35.1. The lowest BCUT2D eigenvalue weighted by Gasteiger charge is -2.46. The maximum absolute atomic E-state index is 2.69. The minimum Gasteiger partial charge on any atom is -0.311 e. The number of nitrogens with zero attached hydrogens (tertiary/aromatic N) is 4. The van der Waals surface area contributed by atoms with Crippen molar-refractivity contribution in [1.82, 2.24) is 9.13 Å². The highest BCUT2D eigenvalue weighted by Gasteiger charge is 2.46. The second kappa shape index (κ2) is 22.2. The molecule has 0 spiro atoms. The quantitative estimate of drug-likeness (QED) is 0.148. The normalized spacial score (nSPS) is 13.5. The standard InChI is InChI=1S/C92H87BN4/c1-88(2,3)62-40-46-78(72(53-62)58-29-19-16-20-30-58)96-80-45-39-60(61-49-64(90(7,8)9)52-65(50-61)91(10,11)12)51-75(80)93-74-44-42-68(95-76-37-27-25-35-69(76)70-43-48-81-85(87(70)95)71-36-26-28-38-77(71)94(81)67-33-23-18-24-34-67)57-82(74)97(84-56-66(92(13,14)15)55-83(96)86(84)93)79-47-41-63(89(4,5)6)54-73(79)59-31-21-17-22-32-59/h16-57H,1-15H3. The Morgan fingerprint density at radius 1 is 0.258 bits per heavy atom. The van der Waals surface area contributed by atoms with E-state index < -0.39 is 0 Å². The van der Waals surface area contributed by atoms with E-state index in [1.807, 2.05) is 0 Å². The van der Waals surface area contributed by atoms with Gasteiger partial charge in [0.1, 0.15) is 0 Å². The Morgan fingerprint density at radius 3 is 1.28 bits per heavy atom. The Kier molecular flexibility index (Phi) is 14.2. The Morgan fingerprint density at radius 2 is 0.732 bits per heavy atom. The zero-order valence-electron chi connectivity index (χ0n) is 59.1. The molecule has 0 aliphatic carbocycles. The summed E-state index contributed by atoms with van der Waals surface area (Å²) in [6.07, 6.45) is 0. The van der Waals surface area contributed by atoms with Gasteiger partial charge < -0.3 is 18.9 Å². The molecule has 2 aliphatic heterocycles. The van der Waals surface area contributed by atoms with Gasteiger partial charge in [0, 0.05) is 66.8 Å². The van der Waals surface area contributed by atoms with Gasteiger partial charge in [-0.2, -0.15) is 0 Å². The van der Waals surface area contributed by atoms with Crippen LogP contribution in [0.1, 0.15) is 132 Å². The molecule has 0 radical (unpaired) electrons. The number of hydrogen-bond donors (Lipinski definition) is 0. The fraction of sp³-hybridized carbons (Fsp3) is 0.217. The van der Waals surface area contributed by atoms with E-state index in [0.717, 1.165) is 28.4 Å². The van der Waals surface area contributed by atoms with Crippen molar-refractivity contribution in [1.29, 1.82) is 0 Å². The first-order valence-electron chi connectivity index (χ1n) is 34.9. The Balaban J connectivity index is 1.06. The van der Waals surface area contributed by atoms with Crippen molar-refractivity contribution in [3.8, 4) is 44.8 Å². The van der Waals surface area contributed by atoms with Crippen LogP contribution in [-0.4, -0.2) is 15.8 Å². The lowest BCUT2D eigenvalue weighted by atomic mass is 9.33. The lowest BCUT2D eigenvalue weighted by molar-refractivity contribution is 0.569. The molecule has 0 saturated carbocycles. The SMILES string of the molecule is CC(C)(C)c1cc(-c2ccc3c(c2)B2c4ccc(-n5c6ccccc6c6ccc7c(c8ccccc8n7-c7ccccc7)c65)cc4N(c4ccc(C(C)(C)C)cc4-c4ccccc4)c4cc(C(C)(C)C)cc(c42)N3c2ccc(C(C)(C)C)cc2-c2ccccc2)cc(C(C)(C)C)c1. The number of anilines is 6. The molecule has 4 heterocycles. The number of rotatable bonds is 7. The maximum Gasteiger partial charge on any atom is 0.252 e. The van der Waals surface area contributed by atoms with Crippen LogP contribution in [0.2, 0.25) is 0 Å². The second-order valence-corrected chi connectivity index (χ2v) is 32.7. The van der Waals surface area contributed by atoms with E-state index in [9.17, 15) is 0 Å². The van der Waals surface area contributed by atoms with Gasteiger partial charge in [0.15, 0.2) is 0 Å². The van der Waals surface area contributed by atoms with Crippen molar-refractivity contribution in [2.75, 3.05) is 9.80 Å². The summed E-state index contributed by atoms with van der Waals surface area (Å²) in [4.78, 5) is 5.36. The van der Waals surface area contributed by atoms with E-state index >= 15 is 0 Å². The van der Waals surface area contributed by atoms with Crippen LogP contribution in [0.4, 0.5) is 34.1 Å². The third-order valence-electron chi connectivity index (χ3n) is 21.0. The topological polar surface area (TPSA) is 16.3 Å². The van der Waals surface area contributed by atoms with Gasteiger partial charge >= 0.3 is 0 Å². The van der Waals surface area contributed by atoms with Gasteiger partial charge in [-0.1, -0.05) is 274 Å². The highest BCUT2D eigenvalue weighted by molar-refractivity contribution is 7.00. The molecular formula is C92H87BN4. The van der Waals surface area contributed by atoms with E-state index in [4.69, 9.17) is 0 Å². The summed E-state index contributed by atoms with van der Waals surface area (Å²) in [5.74, 6) is 0. The van der Waals surface area contributed by atoms with Crippen LogP contribution in [0.3, 0.4) is 0 Å². The molecule has 5 heteroatoms. The molecular weight excluding hydrogens is 1170 g/mol. The van der Waals surface area contributed by atoms with Gasteiger partial charge in [0.2, 0.25) is 0 Å². The highest BCUT2D eigenvalue weighted by atomic mass is 15.2. The summed E-state index contributed by atoms with van der Waals surface area (Å²) in [5.41, 5.74) is 31.0. The number of aromatic nitrogens is 2. The van der Waals surface area contributed by atoms with Gasteiger partial charge in [0.25, 0.3) is 6.71 Å². The number of fused-ring (bicyclic) bond motifs is 11. The lowest BCUT2D eigenvalue weighted by Crippen LogP contribution is -2.61. The van der Waals surface area contributed by atoms with E-state index in [0.29, 0.717) is 0 Å². The van der Waals surface area contributed by atoms with Crippen LogP contribution in [0, 0.1) is 0 Å². The molecule has 478 valence electrons. The molecule has 4 nitrogen and oxygen atoms in total. The minimum absolute atomic E-state index is 0.0685. The monoisotopic (exact) mass is 1260 g/mol. The highest BCUT2D eigenvalue weighted by Crippen LogP contribution is 2.52. The molecule has 2 aromatic heterocycles. The van der Waals surface area contributed by atoms with Crippen LogP contribution in [0.15, 0.2) is 255 Å². The van der Waals surface area contributed by atoms with E-state index in [1.54, 1.807) is 0 Å². The van der Waals surface area contributed by atoms with Crippen molar-refractivity contribution < 1.29 is 0 Å². The van der Waals surface area contributed by atoms with Gasteiger partial charge in [-0.15, -0.1) is 0 Å². The molecule has 0 amide bonds. The van der Waals surface area contributed by atoms with Crippen molar-refractivity contribution in [2.45, 2.75) is 131 Å². The predicted octanol–water partition coefficient (Wildman–Crippen LogP) is 23.5. The van der Waals surface area contributed by atoms with Crippen LogP contribution < -0.4 is 26.2 Å². The van der Waals surface area contributed by atoms with E-state index in [-0.39, 0.29) is 33.8 Å². The summed E-state index contributed by atoms with van der Waals surface area (Å²) in [6, 6.07) is 98.1. The second-order valence-electron chi connectivity index (χ2n) is 32.7. The van der Waals surface area contributed by atoms with Crippen LogP contribution in [0.25, 0.3) is 88.4 Å². The molecule has 14 aromatic rings. The number of benzene rings is 12. The van der Waals surface area contributed by atoms with Crippen molar-refractivity contribution in [3.05, 3.63) is 283 Å². The summed E-state index contributed by atoms with van der Waals surface area (Å²) < 4.78 is 5.05. The maximum atomic E-state index is 2.69. The smallest absolute Gasteiger partial charge is 0.252 e. The average Bonchev–Trinajstić information content (AvgIpc) is 1.11. The van der Waals surface area contributed by atoms with Crippen molar-refractivity contribution >= 4 is 101 Å². The average molecular weight is 1260 g/mol. The predicted molar refractivity (Wildman–Crippen MR) is 419 cm³/mol. The van der Waals surface area contributed by atoms with Crippen LogP contribution in [0.5, 0.6) is 0 Å². The molecule has 12 aromatic carbocycles. The van der Waals surface area contributed by atoms with Crippen molar-refractivity contribution in [3.63, 3.8) is 0 Å². The molecule has 0 N–H and O–H groups in total. The fourth-order valence-electron chi connectivity index (χ4n) is 15.6. The fourth-order valence-corrected chi connectivity index (χ4v) is 15.6. The summed E-state index contributed by atoms with van der Waals surface area (Å²) >= 11 is 0. The van der Waals surface area contributed by atoms with Gasteiger partial charge in [-0.25, -0.2) is 0 Å². The molecule has 0 atom stereocenters. The van der Waals surface area contributed by atoms with E-state index in [2.05, 4.69) is 378 Å². The first kappa shape index (κ1) is 61.8. The van der Waals surface area contributed by atoms with E-state index in [1.165, 1.54) is 138 Å². The summed E-state index contributed by atoms with van der Waals surface area (Å²) in [5, 5.41) is 4.92. The molecule has 16 rings (SSSR count).